The van der Waals surface area contributed by atoms with Crippen LogP contribution in [0.1, 0.15) is 38.1 Å². The first-order valence-corrected chi connectivity index (χ1v) is 12.5. The van der Waals surface area contributed by atoms with Gasteiger partial charge in [0, 0.05) is 5.56 Å². The summed E-state index contributed by atoms with van der Waals surface area (Å²) in [6, 6.07) is 7.57. The summed E-state index contributed by atoms with van der Waals surface area (Å²) in [6.45, 7) is 6.96. The molecule has 202 valence electrons. The average Bonchev–Trinajstić information content (AvgIpc) is 3.44. The maximum atomic E-state index is 14.4. The van der Waals surface area contributed by atoms with Gasteiger partial charge in [-0.3, -0.25) is 14.5 Å². The first-order valence-electron chi connectivity index (χ1n) is 11.7. The summed E-state index contributed by atoms with van der Waals surface area (Å²) in [5, 5.41) is 11.3. The predicted molar refractivity (Wildman–Crippen MR) is 143 cm³/mol. The van der Waals surface area contributed by atoms with Crippen molar-refractivity contribution < 1.29 is 38.1 Å². The fourth-order valence-electron chi connectivity index (χ4n) is 4.13. The maximum Gasteiger partial charge on any atom is 0.350 e. The van der Waals surface area contributed by atoms with Crippen LogP contribution in [0.4, 0.5) is 9.52 Å². The van der Waals surface area contributed by atoms with Crippen LogP contribution < -0.4 is 14.4 Å². The second kappa shape index (κ2) is 11.1. The number of ketones is 1. The van der Waals surface area contributed by atoms with Gasteiger partial charge in [0.2, 0.25) is 0 Å². The Labute approximate surface area is 227 Å². The van der Waals surface area contributed by atoms with Gasteiger partial charge in [-0.25, -0.2) is 14.2 Å². The molecule has 0 aliphatic carbocycles. The number of halogens is 1. The van der Waals surface area contributed by atoms with Crippen LogP contribution >= 0.6 is 11.3 Å². The van der Waals surface area contributed by atoms with Crippen LogP contribution in [0.25, 0.3) is 5.76 Å². The van der Waals surface area contributed by atoms with E-state index in [9.17, 15) is 23.9 Å². The zero-order valence-corrected chi connectivity index (χ0v) is 22.4. The van der Waals surface area contributed by atoms with E-state index in [1.54, 1.807) is 38.1 Å². The lowest BCUT2D eigenvalue weighted by Crippen LogP contribution is -2.29. The minimum Gasteiger partial charge on any atom is -0.507 e. The minimum atomic E-state index is -1.19. The van der Waals surface area contributed by atoms with Gasteiger partial charge in [0.15, 0.2) is 16.6 Å². The number of hydrogen-bond donors (Lipinski definition) is 1. The van der Waals surface area contributed by atoms with Crippen LogP contribution in [-0.4, -0.2) is 48.6 Å². The number of rotatable bonds is 8. The summed E-state index contributed by atoms with van der Waals surface area (Å²) in [5.41, 5.74) is 0.756. The van der Waals surface area contributed by atoms with Gasteiger partial charge in [0.25, 0.3) is 5.78 Å². The van der Waals surface area contributed by atoms with E-state index in [1.165, 1.54) is 26.4 Å². The zero-order valence-electron chi connectivity index (χ0n) is 21.6. The number of amides is 1. The SMILES string of the molecule is C=CCOc1ccc(C2/C(=C(\O)c3ccc(C)c(F)c3)C(=O)C(=O)N2c2nc(C)c(C(=O)OC)s2)cc1OC. The van der Waals surface area contributed by atoms with Crippen LogP contribution in [0, 0.1) is 19.7 Å². The standard InChI is InChI=1S/C28H25FN2O7S/c1-6-11-38-19-10-9-16(13-20(19)36-4)22-21(23(32)17-8-7-14(2)18(29)12-17)24(33)26(34)31(22)28-30-15(3)25(39-28)27(35)37-5/h6-10,12-13,22,32H,1,11H2,2-5H3/b23-21+. The van der Waals surface area contributed by atoms with Crippen molar-refractivity contribution in [1.29, 1.82) is 0 Å². The number of carbonyl (C=O) groups is 3. The van der Waals surface area contributed by atoms with Crippen molar-refractivity contribution in [2.24, 2.45) is 0 Å². The lowest BCUT2D eigenvalue weighted by Gasteiger charge is -2.24. The van der Waals surface area contributed by atoms with Gasteiger partial charge >= 0.3 is 11.9 Å². The predicted octanol–water partition coefficient (Wildman–Crippen LogP) is 4.89. The molecule has 1 fully saturated rings. The molecule has 1 aliphatic rings. The number of anilines is 1. The highest BCUT2D eigenvalue weighted by Gasteiger charge is 2.48. The summed E-state index contributed by atoms with van der Waals surface area (Å²) in [7, 11) is 2.65. The first-order chi connectivity index (χ1) is 18.6. The fourth-order valence-corrected chi connectivity index (χ4v) is 5.14. The molecular formula is C28H25FN2O7S. The second-order valence-corrected chi connectivity index (χ2v) is 9.52. The van der Waals surface area contributed by atoms with Gasteiger partial charge in [-0.15, -0.1) is 0 Å². The van der Waals surface area contributed by atoms with E-state index in [2.05, 4.69) is 11.6 Å². The molecule has 2 aromatic carbocycles. The number of aliphatic hydroxyl groups is 1. The number of ether oxygens (including phenoxy) is 3. The molecule has 1 aliphatic heterocycles. The molecule has 0 radical (unpaired) electrons. The zero-order chi connectivity index (χ0) is 28.4. The molecule has 9 nitrogen and oxygen atoms in total. The second-order valence-electron chi connectivity index (χ2n) is 8.55. The van der Waals surface area contributed by atoms with Crippen molar-refractivity contribution in [2.75, 3.05) is 25.7 Å². The van der Waals surface area contributed by atoms with E-state index in [-0.39, 0.29) is 27.8 Å². The fraction of sp³-hybridized carbons (Fsp3) is 0.214. The number of aryl methyl sites for hydroxylation is 2. The summed E-state index contributed by atoms with van der Waals surface area (Å²) < 4.78 is 30.3. The van der Waals surface area contributed by atoms with Gasteiger partial charge < -0.3 is 19.3 Å². The highest BCUT2D eigenvalue weighted by molar-refractivity contribution is 7.17. The smallest absolute Gasteiger partial charge is 0.350 e. The Hall–Kier alpha value is -4.51. The summed E-state index contributed by atoms with van der Waals surface area (Å²) in [6.07, 6.45) is 1.56. The summed E-state index contributed by atoms with van der Waals surface area (Å²) in [4.78, 5) is 44.7. The van der Waals surface area contributed by atoms with Crippen molar-refractivity contribution in [2.45, 2.75) is 19.9 Å². The highest BCUT2D eigenvalue weighted by Crippen LogP contribution is 2.45. The quantitative estimate of drug-likeness (QED) is 0.138. The molecule has 0 spiro atoms. The van der Waals surface area contributed by atoms with Crippen LogP contribution in [0.15, 0.2) is 54.6 Å². The van der Waals surface area contributed by atoms with Crippen molar-refractivity contribution in [3.8, 4) is 11.5 Å². The van der Waals surface area contributed by atoms with Gasteiger partial charge in [-0.2, -0.15) is 0 Å². The van der Waals surface area contributed by atoms with Crippen molar-refractivity contribution in [3.05, 3.63) is 87.7 Å². The molecule has 1 atom stereocenters. The van der Waals surface area contributed by atoms with Crippen molar-refractivity contribution in [1.82, 2.24) is 4.98 Å². The van der Waals surface area contributed by atoms with Crippen LogP contribution in [0.5, 0.6) is 11.5 Å². The Kier molecular flexibility index (Phi) is 7.82. The molecule has 3 aromatic rings. The number of thiazole rings is 1. The number of carbonyl (C=O) groups excluding carboxylic acids is 3. The first kappa shape index (κ1) is 27.5. The Morgan fingerprint density at radius 1 is 1.18 bits per heavy atom. The molecule has 1 saturated heterocycles. The maximum absolute atomic E-state index is 14.4. The van der Waals surface area contributed by atoms with Crippen molar-refractivity contribution >= 4 is 39.9 Å². The van der Waals surface area contributed by atoms with Crippen LogP contribution in [0.2, 0.25) is 0 Å². The van der Waals surface area contributed by atoms with E-state index in [4.69, 9.17) is 14.2 Å². The average molecular weight is 553 g/mol. The molecule has 4 rings (SSSR count). The summed E-state index contributed by atoms with van der Waals surface area (Å²) >= 11 is 0.868. The van der Waals surface area contributed by atoms with E-state index < -0.39 is 35.3 Å². The molecule has 1 aromatic heterocycles. The number of esters is 1. The normalized spacial score (nSPS) is 16.3. The number of Topliss-reactive ketones (excluding diaryl/α,β-unsaturated/α-hetero) is 1. The molecule has 0 bridgehead atoms. The lowest BCUT2D eigenvalue weighted by molar-refractivity contribution is -0.132. The van der Waals surface area contributed by atoms with Gasteiger partial charge in [0.05, 0.1) is 31.5 Å². The largest absolute Gasteiger partial charge is 0.507 e. The highest BCUT2D eigenvalue weighted by atomic mass is 32.1. The molecular weight excluding hydrogens is 527 g/mol. The number of nitrogens with zero attached hydrogens (tertiary/aromatic N) is 2. The third kappa shape index (κ3) is 5.00. The molecule has 1 amide bonds. The van der Waals surface area contributed by atoms with E-state index in [1.807, 2.05) is 0 Å². The molecule has 0 saturated carbocycles. The Balaban J connectivity index is 1.96. The van der Waals surface area contributed by atoms with Gasteiger partial charge in [-0.1, -0.05) is 42.2 Å². The third-order valence-electron chi connectivity index (χ3n) is 6.11. The third-order valence-corrected chi connectivity index (χ3v) is 7.25. The van der Waals surface area contributed by atoms with E-state index in [0.717, 1.165) is 22.3 Å². The van der Waals surface area contributed by atoms with E-state index >= 15 is 0 Å². The number of aliphatic hydroxyl groups excluding tert-OH is 1. The lowest BCUT2D eigenvalue weighted by atomic mass is 9.94. The van der Waals surface area contributed by atoms with E-state index in [0.29, 0.717) is 28.3 Å². The monoisotopic (exact) mass is 552 g/mol. The van der Waals surface area contributed by atoms with Crippen LogP contribution in [0.3, 0.4) is 0 Å². The Morgan fingerprint density at radius 3 is 2.56 bits per heavy atom. The van der Waals surface area contributed by atoms with Gasteiger partial charge in [-0.05, 0) is 43.2 Å². The number of benzene rings is 2. The number of methoxy groups -OCH3 is 2. The number of hydrogen-bond acceptors (Lipinski definition) is 9. The van der Waals surface area contributed by atoms with Crippen molar-refractivity contribution in [3.63, 3.8) is 0 Å². The topological polar surface area (TPSA) is 115 Å². The Morgan fingerprint density at radius 2 is 1.92 bits per heavy atom. The van der Waals surface area contributed by atoms with Crippen LogP contribution in [-0.2, 0) is 14.3 Å². The molecule has 39 heavy (non-hydrogen) atoms. The number of aromatic nitrogens is 1. The molecule has 1 unspecified atom stereocenters. The Bertz CT molecular complexity index is 1530. The molecule has 2 heterocycles. The summed E-state index contributed by atoms with van der Waals surface area (Å²) in [5.74, 6) is -3.10. The van der Waals surface area contributed by atoms with Gasteiger partial charge in [0.1, 0.15) is 23.1 Å². The molecule has 11 heteroatoms. The minimum absolute atomic E-state index is 0.0181. The molecule has 1 N–H and O–H groups in total.